The normalized spacial score (nSPS) is 12.4. The molecule has 1 unspecified atom stereocenters. The van der Waals surface area contributed by atoms with E-state index < -0.39 is 0 Å². The Morgan fingerprint density at radius 1 is 1.26 bits per heavy atom. The third-order valence-corrected chi connectivity index (χ3v) is 3.73. The minimum Gasteiger partial charge on any atom is -0.337 e. The lowest BCUT2D eigenvalue weighted by atomic mass is 10.1. The molecule has 3 aromatic heterocycles. The van der Waals surface area contributed by atoms with E-state index in [1.54, 1.807) is 6.20 Å². The largest absolute Gasteiger partial charge is 0.337 e. The van der Waals surface area contributed by atoms with E-state index in [2.05, 4.69) is 38.1 Å². The van der Waals surface area contributed by atoms with Gasteiger partial charge in [0.05, 0.1) is 12.0 Å². The molecule has 6 heteroatoms. The van der Waals surface area contributed by atoms with Gasteiger partial charge in [-0.1, -0.05) is 6.92 Å². The van der Waals surface area contributed by atoms with Crippen LogP contribution in [0.25, 0.3) is 11.3 Å². The number of hydrogen-bond donors (Lipinski definition) is 1. The Kier molecular flexibility index (Phi) is 4.83. The van der Waals surface area contributed by atoms with E-state index in [1.165, 1.54) is 5.56 Å². The predicted octanol–water partition coefficient (Wildman–Crippen LogP) is 2.10. The fraction of sp³-hybridized carbons (Fsp3) is 0.353. The lowest BCUT2D eigenvalue weighted by Crippen LogP contribution is -2.23. The first-order valence-corrected chi connectivity index (χ1v) is 7.81. The standard InChI is InChI=1S/C17H22N6/c1-14(11-23-7-6-19-13-23)8-20-10-16-12-22(2)21-17(16)15-4-3-5-18-9-15/h3-7,9,12-14,20H,8,10-11H2,1-2H3. The van der Waals surface area contributed by atoms with Crippen molar-refractivity contribution in [3.63, 3.8) is 0 Å². The van der Waals surface area contributed by atoms with Crippen LogP contribution in [0.3, 0.4) is 0 Å². The Labute approximate surface area is 136 Å². The molecule has 0 fully saturated rings. The second kappa shape index (κ2) is 7.19. The molecule has 0 aliphatic heterocycles. The van der Waals surface area contributed by atoms with Crippen molar-refractivity contribution in [1.29, 1.82) is 0 Å². The van der Waals surface area contributed by atoms with Crippen molar-refractivity contribution in [2.75, 3.05) is 6.54 Å². The van der Waals surface area contributed by atoms with Crippen LogP contribution in [0.4, 0.5) is 0 Å². The highest BCUT2D eigenvalue weighted by Crippen LogP contribution is 2.20. The Bertz CT molecular complexity index is 717. The Balaban J connectivity index is 1.58. The van der Waals surface area contributed by atoms with Crippen molar-refractivity contribution in [3.8, 4) is 11.3 Å². The third kappa shape index (κ3) is 4.04. The number of aromatic nitrogens is 5. The van der Waals surface area contributed by atoms with Crippen LogP contribution in [0, 0.1) is 5.92 Å². The number of pyridine rings is 1. The molecule has 6 nitrogen and oxygen atoms in total. The third-order valence-electron chi connectivity index (χ3n) is 3.73. The van der Waals surface area contributed by atoms with Gasteiger partial charge in [0, 0.05) is 62.2 Å². The maximum absolute atomic E-state index is 4.56. The second-order valence-electron chi connectivity index (χ2n) is 5.91. The number of rotatable bonds is 7. The fourth-order valence-electron chi connectivity index (χ4n) is 2.69. The minimum atomic E-state index is 0.530. The van der Waals surface area contributed by atoms with Crippen molar-refractivity contribution < 1.29 is 0 Å². The highest BCUT2D eigenvalue weighted by Gasteiger charge is 2.10. The van der Waals surface area contributed by atoms with Crippen LogP contribution in [-0.2, 0) is 20.1 Å². The zero-order valence-electron chi connectivity index (χ0n) is 13.6. The molecule has 23 heavy (non-hydrogen) atoms. The summed E-state index contributed by atoms with van der Waals surface area (Å²) in [7, 11) is 1.95. The Morgan fingerprint density at radius 2 is 2.17 bits per heavy atom. The van der Waals surface area contributed by atoms with E-state index in [1.807, 2.05) is 48.8 Å². The summed E-state index contributed by atoms with van der Waals surface area (Å²) in [5.41, 5.74) is 3.24. The predicted molar refractivity (Wildman–Crippen MR) is 89.5 cm³/mol. The minimum absolute atomic E-state index is 0.530. The van der Waals surface area contributed by atoms with Gasteiger partial charge in [0.25, 0.3) is 0 Å². The quantitative estimate of drug-likeness (QED) is 0.726. The molecule has 0 saturated heterocycles. The molecule has 120 valence electrons. The molecule has 3 aromatic rings. The molecular formula is C17H22N6. The first-order valence-electron chi connectivity index (χ1n) is 7.81. The molecule has 0 aromatic carbocycles. The number of nitrogens with one attached hydrogen (secondary N) is 1. The summed E-state index contributed by atoms with van der Waals surface area (Å²) in [5, 5.41) is 8.09. The molecule has 3 heterocycles. The lowest BCUT2D eigenvalue weighted by Gasteiger charge is -2.13. The van der Waals surface area contributed by atoms with Crippen molar-refractivity contribution in [2.45, 2.75) is 20.0 Å². The van der Waals surface area contributed by atoms with Gasteiger partial charge in [-0.3, -0.25) is 9.67 Å². The summed E-state index contributed by atoms with van der Waals surface area (Å²) in [6, 6.07) is 3.98. The van der Waals surface area contributed by atoms with E-state index in [0.717, 1.165) is 30.9 Å². The van der Waals surface area contributed by atoms with Crippen molar-refractivity contribution in [1.82, 2.24) is 29.6 Å². The van der Waals surface area contributed by atoms with Gasteiger partial charge in [0.15, 0.2) is 0 Å². The number of imidazole rings is 1. The van der Waals surface area contributed by atoms with Crippen LogP contribution in [0.2, 0.25) is 0 Å². The van der Waals surface area contributed by atoms with Crippen LogP contribution >= 0.6 is 0 Å². The highest BCUT2D eigenvalue weighted by molar-refractivity contribution is 5.61. The van der Waals surface area contributed by atoms with E-state index in [-0.39, 0.29) is 0 Å². The maximum Gasteiger partial charge on any atom is 0.0983 e. The van der Waals surface area contributed by atoms with Crippen LogP contribution in [-0.4, -0.2) is 30.9 Å². The number of aryl methyl sites for hydroxylation is 1. The maximum atomic E-state index is 4.56. The van der Waals surface area contributed by atoms with Crippen LogP contribution < -0.4 is 5.32 Å². The molecule has 0 bridgehead atoms. The first-order chi connectivity index (χ1) is 11.2. The smallest absolute Gasteiger partial charge is 0.0983 e. The molecule has 0 saturated carbocycles. The molecule has 0 aliphatic rings. The fourth-order valence-corrected chi connectivity index (χ4v) is 2.69. The monoisotopic (exact) mass is 310 g/mol. The SMILES string of the molecule is CC(CNCc1cn(C)nc1-c1cccnc1)Cn1ccnc1. The topological polar surface area (TPSA) is 60.6 Å². The molecule has 1 atom stereocenters. The Morgan fingerprint density at radius 3 is 2.91 bits per heavy atom. The summed E-state index contributed by atoms with van der Waals surface area (Å²) in [6.45, 7) is 4.94. The highest BCUT2D eigenvalue weighted by atomic mass is 15.3. The summed E-state index contributed by atoms with van der Waals surface area (Å²) in [5.74, 6) is 0.530. The molecule has 0 radical (unpaired) electrons. The van der Waals surface area contributed by atoms with Gasteiger partial charge in [-0.25, -0.2) is 4.98 Å². The molecule has 3 rings (SSSR count). The van der Waals surface area contributed by atoms with Gasteiger partial charge >= 0.3 is 0 Å². The first kappa shape index (κ1) is 15.4. The average molecular weight is 310 g/mol. The van der Waals surface area contributed by atoms with Gasteiger partial charge in [-0.15, -0.1) is 0 Å². The summed E-state index contributed by atoms with van der Waals surface area (Å²) < 4.78 is 3.96. The Hall–Kier alpha value is -2.47. The van der Waals surface area contributed by atoms with Gasteiger partial charge in [-0.2, -0.15) is 5.10 Å². The van der Waals surface area contributed by atoms with E-state index >= 15 is 0 Å². The average Bonchev–Trinajstić information content (AvgIpc) is 3.18. The van der Waals surface area contributed by atoms with E-state index in [9.17, 15) is 0 Å². The van der Waals surface area contributed by atoms with Gasteiger partial charge in [0.2, 0.25) is 0 Å². The van der Waals surface area contributed by atoms with Gasteiger partial charge < -0.3 is 9.88 Å². The van der Waals surface area contributed by atoms with Gasteiger partial charge in [0.1, 0.15) is 0 Å². The molecule has 0 amide bonds. The summed E-state index contributed by atoms with van der Waals surface area (Å²) in [6.07, 6.45) is 11.4. The molecule has 0 spiro atoms. The lowest BCUT2D eigenvalue weighted by molar-refractivity contribution is 0.445. The summed E-state index contributed by atoms with van der Waals surface area (Å²) in [4.78, 5) is 8.26. The van der Waals surface area contributed by atoms with Gasteiger partial charge in [-0.05, 0) is 24.6 Å². The van der Waals surface area contributed by atoms with Crippen molar-refractivity contribution >= 4 is 0 Å². The molecular weight excluding hydrogens is 288 g/mol. The zero-order valence-corrected chi connectivity index (χ0v) is 13.6. The van der Waals surface area contributed by atoms with Crippen LogP contribution in [0.5, 0.6) is 0 Å². The second-order valence-corrected chi connectivity index (χ2v) is 5.91. The summed E-state index contributed by atoms with van der Waals surface area (Å²) >= 11 is 0. The molecule has 0 aliphatic carbocycles. The number of hydrogen-bond acceptors (Lipinski definition) is 4. The van der Waals surface area contributed by atoms with Crippen LogP contribution in [0.1, 0.15) is 12.5 Å². The van der Waals surface area contributed by atoms with Crippen molar-refractivity contribution in [3.05, 3.63) is 55.0 Å². The van der Waals surface area contributed by atoms with E-state index in [0.29, 0.717) is 5.92 Å². The van der Waals surface area contributed by atoms with Crippen LogP contribution in [0.15, 0.2) is 49.4 Å². The van der Waals surface area contributed by atoms with Crippen molar-refractivity contribution in [2.24, 2.45) is 13.0 Å². The molecule has 1 N–H and O–H groups in total. The zero-order chi connectivity index (χ0) is 16.1. The number of nitrogens with zero attached hydrogens (tertiary/aromatic N) is 5. The van der Waals surface area contributed by atoms with E-state index in [4.69, 9.17) is 0 Å².